The molecule has 0 aliphatic rings. The Kier molecular flexibility index (Phi) is 7.71. The van der Waals surface area contributed by atoms with E-state index in [0.29, 0.717) is 0 Å². The molecule has 0 saturated heterocycles. The summed E-state index contributed by atoms with van der Waals surface area (Å²) in [5.41, 5.74) is 4.01. The van der Waals surface area contributed by atoms with Crippen molar-refractivity contribution in [2.75, 3.05) is 0 Å². The van der Waals surface area contributed by atoms with E-state index in [2.05, 4.69) is 46.1 Å². The average molecular weight is 204 g/mol. The van der Waals surface area contributed by atoms with Gasteiger partial charge in [-0.25, -0.2) is 0 Å². The second kappa shape index (κ2) is 8.28. The van der Waals surface area contributed by atoms with E-state index in [0.717, 1.165) is 24.8 Å². The van der Waals surface area contributed by atoms with Crippen LogP contribution in [-0.2, 0) is 0 Å². The molecule has 0 aromatic carbocycles. The Labute approximate surface area is 95.1 Å². The molecule has 0 fully saturated rings. The third kappa shape index (κ3) is 9.27. The van der Waals surface area contributed by atoms with Crippen molar-refractivity contribution in [3.05, 3.63) is 48.1 Å². The van der Waals surface area contributed by atoms with E-state index in [1.165, 1.54) is 17.6 Å². The lowest BCUT2D eigenvalue weighted by molar-refractivity contribution is 0.929. The predicted molar refractivity (Wildman–Crippen MR) is 71.0 cm³/mol. The zero-order valence-electron chi connectivity index (χ0n) is 10.5. The topological polar surface area (TPSA) is 0 Å². The fourth-order valence-corrected chi connectivity index (χ4v) is 1.30. The van der Waals surface area contributed by atoms with Gasteiger partial charge in [0, 0.05) is 0 Å². The number of hydrogen-bond donors (Lipinski definition) is 0. The molecule has 0 aliphatic carbocycles. The number of allylic oxidation sites excluding steroid dienone is 6. The standard InChI is InChI=1S/C15H24/c1-6-14(4)10-8-12-15(5)11-7-9-13(2)3/h6,9,12H,1,4,7-8,10-11H2,2-3,5H3. The van der Waals surface area contributed by atoms with Crippen molar-refractivity contribution in [2.24, 2.45) is 0 Å². The third-order valence-corrected chi connectivity index (χ3v) is 2.34. The summed E-state index contributed by atoms with van der Waals surface area (Å²) in [6, 6.07) is 0. The van der Waals surface area contributed by atoms with Gasteiger partial charge in [0.05, 0.1) is 0 Å². The first-order valence-corrected chi connectivity index (χ1v) is 5.65. The van der Waals surface area contributed by atoms with Crippen molar-refractivity contribution in [2.45, 2.75) is 46.5 Å². The van der Waals surface area contributed by atoms with Crippen molar-refractivity contribution in [3.8, 4) is 0 Å². The van der Waals surface area contributed by atoms with Gasteiger partial charge in [0.15, 0.2) is 0 Å². The lowest BCUT2D eigenvalue weighted by atomic mass is 10.1. The van der Waals surface area contributed by atoms with Gasteiger partial charge in [-0.05, 0) is 46.5 Å². The Morgan fingerprint density at radius 3 is 2.13 bits per heavy atom. The summed E-state index contributed by atoms with van der Waals surface area (Å²) < 4.78 is 0. The summed E-state index contributed by atoms with van der Waals surface area (Å²) in [6.45, 7) is 14.1. The summed E-state index contributed by atoms with van der Waals surface area (Å²) >= 11 is 0. The molecule has 0 aromatic rings. The molecular weight excluding hydrogens is 180 g/mol. The van der Waals surface area contributed by atoms with Crippen LogP contribution in [0.1, 0.15) is 46.5 Å². The lowest BCUT2D eigenvalue weighted by Crippen LogP contribution is -1.79. The van der Waals surface area contributed by atoms with E-state index in [9.17, 15) is 0 Å². The van der Waals surface area contributed by atoms with Crippen molar-refractivity contribution < 1.29 is 0 Å². The SMILES string of the molecule is C=CC(=C)CCC=C(C)CCC=C(C)C. The molecule has 0 aliphatic heterocycles. The van der Waals surface area contributed by atoms with Gasteiger partial charge in [-0.1, -0.05) is 48.1 Å². The Morgan fingerprint density at radius 2 is 1.60 bits per heavy atom. The minimum absolute atomic E-state index is 1.03. The van der Waals surface area contributed by atoms with Crippen LogP contribution >= 0.6 is 0 Å². The Morgan fingerprint density at radius 1 is 1.00 bits per heavy atom. The van der Waals surface area contributed by atoms with Crippen LogP contribution in [0, 0.1) is 0 Å². The van der Waals surface area contributed by atoms with Gasteiger partial charge in [0.2, 0.25) is 0 Å². The summed E-state index contributed by atoms with van der Waals surface area (Å²) in [5, 5.41) is 0. The molecule has 0 atom stereocenters. The smallest absolute Gasteiger partial charge is 0.0250 e. The van der Waals surface area contributed by atoms with Crippen molar-refractivity contribution in [1.82, 2.24) is 0 Å². The highest BCUT2D eigenvalue weighted by Crippen LogP contribution is 2.10. The maximum Gasteiger partial charge on any atom is -0.0250 e. The van der Waals surface area contributed by atoms with Gasteiger partial charge in [-0.15, -0.1) is 0 Å². The van der Waals surface area contributed by atoms with Crippen LogP contribution in [0.15, 0.2) is 48.1 Å². The summed E-state index contributed by atoms with van der Waals surface area (Å²) in [7, 11) is 0. The quantitative estimate of drug-likeness (QED) is 0.395. The van der Waals surface area contributed by atoms with E-state index < -0.39 is 0 Å². The third-order valence-electron chi connectivity index (χ3n) is 2.34. The fraction of sp³-hybridized carbons (Fsp3) is 0.467. The first-order valence-electron chi connectivity index (χ1n) is 5.65. The second-order valence-corrected chi connectivity index (χ2v) is 4.27. The van der Waals surface area contributed by atoms with Crippen LogP contribution in [0.25, 0.3) is 0 Å². The van der Waals surface area contributed by atoms with Gasteiger partial charge in [-0.3, -0.25) is 0 Å². The molecule has 0 heteroatoms. The maximum atomic E-state index is 3.90. The lowest BCUT2D eigenvalue weighted by Gasteiger charge is -2.00. The van der Waals surface area contributed by atoms with Crippen molar-refractivity contribution in [3.63, 3.8) is 0 Å². The zero-order valence-corrected chi connectivity index (χ0v) is 10.5. The Bertz CT molecular complexity index is 260. The molecule has 0 saturated carbocycles. The molecule has 0 nitrogen and oxygen atoms in total. The second-order valence-electron chi connectivity index (χ2n) is 4.27. The Balaban J connectivity index is 3.74. The van der Waals surface area contributed by atoms with E-state index in [1.807, 2.05) is 6.08 Å². The van der Waals surface area contributed by atoms with Gasteiger partial charge in [0.1, 0.15) is 0 Å². The number of rotatable bonds is 7. The predicted octanol–water partition coefficient (Wildman–Crippen LogP) is 5.20. The first kappa shape index (κ1) is 14.0. The van der Waals surface area contributed by atoms with Crippen LogP contribution in [0.5, 0.6) is 0 Å². The average Bonchev–Trinajstić information content (AvgIpc) is 2.17. The van der Waals surface area contributed by atoms with E-state index in [4.69, 9.17) is 0 Å². The van der Waals surface area contributed by atoms with Crippen LogP contribution in [0.4, 0.5) is 0 Å². The van der Waals surface area contributed by atoms with Crippen LogP contribution in [0.2, 0.25) is 0 Å². The van der Waals surface area contributed by atoms with Crippen molar-refractivity contribution in [1.29, 1.82) is 0 Å². The highest BCUT2D eigenvalue weighted by atomic mass is 14.0. The molecule has 0 N–H and O–H groups in total. The first-order chi connectivity index (χ1) is 7.06. The van der Waals surface area contributed by atoms with Gasteiger partial charge in [0.25, 0.3) is 0 Å². The van der Waals surface area contributed by atoms with E-state index in [-0.39, 0.29) is 0 Å². The molecule has 0 radical (unpaired) electrons. The van der Waals surface area contributed by atoms with Crippen LogP contribution in [-0.4, -0.2) is 0 Å². The summed E-state index contributed by atoms with van der Waals surface area (Å²) in [5.74, 6) is 0. The molecule has 0 unspecified atom stereocenters. The Hall–Kier alpha value is -1.04. The molecule has 0 heterocycles. The van der Waals surface area contributed by atoms with Crippen molar-refractivity contribution >= 4 is 0 Å². The molecule has 0 amide bonds. The highest BCUT2D eigenvalue weighted by Gasteiger charge is 1.90. The molecule has 84 valence electrons. The zero-order chi connectivity index (χ0) is 11.7. The van der Waals surface area contributed by atoms with Crippen LogP contribution < -0.4 is 0 Å². The molecular formula is C15H24. The highest BCUT2D eigenvalue weighted by molar-refractivity contribution is 5.12. The summed E-state index contributed by atoms with van der Waals surface area (Å²) in [4.78, 5) is 0. The largest absolute Gasteiger partial charge is 0.0988 e. The van der Waals surface area contributed by atoms with Gasteiger partial charge in [-0.2, -0.15) is 0 Å². The molecule has 0 bridgehead atoms. The molecule has 0 aromatic heterocycles. The minimum atomic E-state index is 1.03. The van der Waals surface area contributed by atoms with E-state index >= 15 is 0 Å². The minimum Gasteiger partial charge on any atom is -0.0988 e. The van der Waals surface area contributed by atoms with E-state index in [1.54, 1.807) is 0 Å². The summed E-state index contributed by atoms with van der Waals surface area (Å²) in [6.07, 6.45) is 10.9. The molecule has 0 rings (SSSR count). The number of hydrogen-bond acceptors (Lipinski definition) is 0. The van der Waals surface area contributed by atoms with Gasteiger partial charge < -0.3 is 0 Å². The van der Waals surface area contributed by atoms with Gasteiger partial charge >= 0.3 is 0 Å². The normalized spacial score (nSPS) is 11.0. The monoisotopic (exact) mass is 204 g/mol. The maximum absolute atomic E-state index is 3.90. The fourth-order valence-electron chi connectivity index (χ4n) is 1.30. The molecule has 0 spiro atoms. The van der Waals surface area contributed by atoms with Crippen LogP contribution in [0.3, 0.4) is 0 Å². The molecule has 15 heavy (non-hydrogen) atoms.